The molecule has 3 heteroatoms. The lowest BCUT2D eigenvalue weighted by molar-refractivity contribution is -0.122. The number of carbonyl (C=O) groups excluding carboxylic acids is 2. The predicted octanol–water partition coefficient (Wildman–Crippen LogP) is 3.56. The summed E-state index contributed by atoms with van der Waals surface area (Å²) in [7, 11) is 0. The molecule has 0 fully saturated rings. The van der Waals surface area contributed by atoms with Crippen LogP contribution in [0.1, 0.15) is 60.8 Å². The van der Waals surface area contributed by atoms with E-state index in [4.69, 9.17) is 0 Å². The lowest BCUT2D eigenvalue weighted by Crippen LogP contribution is -2.31. The molecular formula is C17H33NO2. The smallest absolute Gasteiger partial charge is 0.136 e. The number of Topliss-reactive ketones (excluding diaryl/α,β-unsaturated/α-hetero) is 2. The van der Waals surface area contributed by atoms with Crippen LogP contribution in [0, 0.1) is 17.8 Å². The minimum Gasteiger partial charge on any atom is -0.302 e. The van der Waals surface area contributed by atoms with E-state index >= 15 is 0 Å². The van der Waals surface area contributed by atoms with Gasteiger partial charge >= 0.3 is 0 Å². The van der Waals surface area contributed by atoms with E-state index in [2.05, 4.69) is 18.7 Å². The zero-order valence-corrected chi connectivity index (χ0v) is 14.2. The highest BCUT2D eigenvalue weighted by Crippen LogP contribution is 2.08. The maximum Gasteiger partial charge on any atom is 0.136 e. The third-order valence-corrected chi connectivity index (χ3v) is 3.66. The van der Waals surface area contributed by atoms with Crippen molar-refractivity contribution in [2.24, 2.45) is 17.8 Å². The second-order valence-electron chi connectivity index (χ2n) is 6.77. The van der Waals surface area contributed by atoms with E-state index in [9.17, 15) is 9.59 Å². The first-order valence-corrected chi connectivity index (χ1v) is 8.01. The number of ketones is 2. The van der Waals surface area contributed by atoms with Gasteiger partial charge in [0.1, 0.15) is 11.6 Å². The fourth-order valence-corrected chi connectivity index (χ4v) is 1.89. The SMILES string of the molecule is CC(C)CCN(CCC(=O)C(C)C)CCC(=O)C(C)C. The Hall–Kier alpha value is -0.700. The zero-order chi connectivity index (χ0) is 15.7. The molecule has 0 aromatic rings. The first-order chi connectivity index (χ1) is 9.23. The molecule has 0 unspecified atom stereocenters. The molecule has 0 radical (unpaired) electrons. The average molecular weight is 283 g/mol. The van der Waals surface area contributed by atoms with E-state index in [1.807, 2.05) is 27.7 Å². The van der Waals surface area contributed by atoms with Crippen LogP contribution in [0.15, 0.2) is 0 Å². The van der Waals surface area contributed by atoms with Crippen LogP contribution in [-0.4, -0.2) is 36.1 Å². The van der Waals surface area contributed by atoms with Crippen LogP contribution in [0.4, 0.5) is 0 Å². The summed E-state index contributed by atoms with van der Waals surface area (Å²) < 4.78 is 0. The van der Waals surface area contributed by atoms with Crippen molar-refractivity contribution >= 4 is 11.6 Å². The molecule has 0 aromatic carbocycles. The molecule has 0 saturated carbocycles. The fraction of sp³-hybridized carbons (Fsp3) is 0.882. The molecule has 0 bridgehead atoms. The highest BCUT2D eigenvalue weighted by Gasteiger charge is 2.14. The van der Waals surface area contributed by atoms with Gasteiger partial charge in [0.2, 0.25) is 0 Å². The summed E-state index contributed by atoms with van der Waals surface area (Å²) in [6.45, 7) is 14.8. The van der Waals surface area contributed by atoms with Gasteiger partial charge in [-0.1, -0.05) is 41.5 Å². The number of carbonyl (C=O) groups is 2. The van der Waals surface area contributed by atoms with Crippen LogP contribution in [0.5, 0.6) is 0 Å². The minimum atomic E-state index is 0.110. The van der Waals surface area contributed by atoms with Crippen LogP contribution < -0.4 is 0 Å². The Morgan fingerprint density at radius 2 is 1.15 bits per heavy atom. The van der Waals surface area contributed by atoms with Gasteiger partial charge in [-0.05, 0) is 18.9 Å². The van der Waals surface area contributed by atoms with Gasteiger partial charge < -0.3 is 4.90 Å². The Bertz CT molecular complexity index is 271. The number of rotatable bonds is 11. The maximum atomic E-state index is 11.7. The standard InChI is InChI=1S/C17H33NO2/c1-13(2)7-10-18(11-8-16(19)14(3)4)12-9-17(20)15(5)6/h13-15H,7-12H2,1-6H3. The molecule has 0 rings (SSSR count). The van der Waals surface area contributed by atoms with E-state index < -0.39 is 0 Å². The molecule has 3 nitrogen and oxygen atoms in total. The van der Waals surface area contributed by atoms with Crippen molar-refractivity contribution in [3.05, 3.63) is 0 Å². The molecule has 0 spiro atoms. The topological polar surface area (TPSA) is 37.4 Å². The zero-order valence-electron chi connectivity index (χ0n) is 14.2. The molecular weight excluding hydrogens is 250 g/mol. The van der Waals surface area contributed by atoms with Crippen LogP contribution in [0.3, 0.4) is 0 Å². The second-order valence-corrected chi connectivity index (χ2v) is 6.77. The second kappa shape index (κ2) is 10.1. The van der Waals surface area contributed by atoms with Crippen LogP contribution in [0.25, 0.3) is 0 Å². The summed E-state index contributed by atoms with van der Waals surface area (Å²) >= 11 is 0. The van der Waals surface area contributed by atoms with Gasteiger partial charge in [-0.3, -0.25) is 9.59 Å². The lowest BCUT2D eigenvalue weighted by atomic mass is 10.0. The Balaban J connectivity index is 4.26. The largest absolute Gasteiger partial charge is 0.302 e. The molecule has 0 aliphatic rings. The molecule has 0 amide bonds. The van der Waals surface area contributed by atoms with Crippen molar-refractivity contribution in [2.45, 2.75) is 60.8 Å². The molecule has 20 heavy (non-hydrogen) atoms. The van der Waals surface area contributed by atoms with Crippen molar-refractivity contribution in [3.8, 4) is 0 Å². The lowest BCUT2D eigenvalue weighted by Gasteiger charge is -2.23. The Kier molecular flexibility index (Phi) is 9.74. The van der Waals surface area contributed by atoms with E-state index in [0.717, 1.165) is 26.1 Å². The van der Waals surface area contributed by atoms with Gasteiger partial charge in [0, 0.05) is 37.8 Å². The Labute approximate surface area is 125 Å². The molecule has 0 heterocycles. The highest BCUT2D eigenvalue weighted by atomic mass is 16.1. The van der Waals surface area contributed by atoms with Crippen LogP contribution in [-0.2, 0) is 9.59 Å². The predicted molar refractivity (Wildman–Crippen MR) is 84.8 cm³/mol. The van der Waals surface area contributed by atoms with Crippen molar-refractivity contribution in [2.75, 3.05) is 19.6 Å². The molecule has 0 N–H and O–H groups in total. The van der Waals surface area contributed by atoms with Crippen molar-refractivity contribution in [1.29, 1.82) is 0 Å². The molecule has 0 saturated heterocycles. The van der Waals surface area contributed by atoms with E-state index in [0.29, 0.717) is 30.3 Å². The summed E-state index contributed by atoms with van der Waals surface area (Å²) in [6, 6.07) is 0. The summed E-state index contributed by atoms with van der Waals surface area (Å²) in [5.41, 5.74) is 0. The number of hydrogen-bond donors (Lipinski definition) is 0. The summed E-state index contributed by atoms with van der Waals surface area (Å²) in [4.78, 5) is 25.8. The minimum absolute atomic E-state index is 0.110. The highest BCUT2D eigenvalue weighted by molar-refractivity contribution is 5.81. The van der Waals surface area contributed by atoms with Gasteiger partial charge in [-0.25, -0.2) is 0 Å². The van der Waals surface area contributed by atoms with E-state index in [-0.39, 0.29) is 11.8 Å². The third kappa shape index (κ3) is 9.24. The summed E-state index contributed by atoms with van der Waals surface area (Å²) in [5, 5.41) is 0. The quantitative estimate of drug-likeness (QED) is 0.582. The molecule has 118 valence electrons. The van der Waals surface area contributed by atoms with Gasteiger partial charge in [0.25, 0.3) is 0 Å². The van der Waals surface area contributed by atoms with E-state index in [1.165, 1.54) is 0 Å². The first kappa shape index (κ1) is 19.3. The number of nitrogens with zero attached hydrogens (tertiary/aromatic N) is 1. The van der Waals surface area contributed by atoms with Crippen LogP contribution in [0.2, 0.25) is 0 Å². The third-order valence-electron chi connectivity index (χ3n) is 3.66. The Morgan fingerprint density at radius 3 is 1.45 bits per heavy atom. The van der Waals surface area contributed by atoms with Crippen LogP contribution >= 0.6 is 0 Å². The molecule has 0 atom stereocenters. The van der Waals surface area contributed by atoms with Gasteiger partial charge in [0.15, 0.2) is 0 Å². The summed E-state index contributed by atoms with van der Waals surface area (Å²) in [5.74, 6) is 1.50. The molecule has 0 aromatic heterocycles. The van der Waals surface area contributed by atoms with E-state index in [1.54, 1.807) is 0 Å². The molecule has 0 aliphatic heterocycles. The monoisotopic (exact) mass is 283 g/mol. The first-order valence-electron chi connectivity index (χ1n) is 8.01. The fourth-order valence-electron chi connectivity index (χ4n) is 1.89. The molecule has 0 aliphatic carbocycles. The van der Waals surface area contributed by atoms with Gasteiger partial charge in [-0.2, -0.15) is 0 Å². The van der Waals surface area contributed by atoms with Gasteiger partial charge in [-0.15, -0.1) is 0 Å². The normalized spacial score (nSPS) is 11.9. The summed E-state index contributed by atoms with van der Waals surface area (Å²) in [6.07, 6.45) is 2.32. The van der Waals surface area contributed by atoms with Crippen molar-refractivity contribution in [3.63, 3.8) is 0 Å². The van der Waals surface area contributed by atoms with Gasteiger partial charge in [0.05, 0.1) is 0 Å². The average Bonchev–Trinajstić information content (AvgIpc) is 2.36. The number of hydrogen-bond acceptors (Lipinski definition) is 3. The van der Waals surface area contributed by atoms with Crippen molar-refractivity contribution in [1.82, 2.24) is 4.90 Å². The maximum absolute atomic E-state index is 11.7. The van der Waals surface area contributed by atoms with Crippen molar-refractivity contribution < 1.29 is 9.59 Å². The Morgan fingerprint density at radius 1 is 0.750 bits per heavy atom.